The molecule has 0 unspecified atom stereocenters. The van der Waals surface area contributed by atoms with Crippen molar-refractivity contribution in [2.24, 2.45) is 0 Å². The molecule has 0 saturated carbocycles. The van der Waals surface area contributed by atoms with E-state index in [4.69, 9.17) is 0 Å². The summed E-state index contributed by atoms with van der Waals surface area (Å²) in [6.45, 7) is 4.82. The molecule has 55 heavy (non-hydrogen) atoms. The van der Waals surface area contributed by atoms with E-state index in [1.54, 1.807) is 0 Å². The Bertz CT molecular complexity index is 3120. The van der Waals surface area contributed by atoms with Gasteiger partial charge in [-0.3, -0.25) is 0 Å². The lowest BCUT2D eigenvalue weighted by Gasteiger charge is -2.42. The van der Waals surface area contributed by atoms with E-state index < -0.39 is 0 Å². The minimum absolute atomic E-state index is 0.0919. The molecule has 0 spiro atoms. The molecule has 256 valence electrons. The largest absolute Gasteiger partial charge is 0.310 e. The Morgan fingerprint density at radius 1 is 0.418 bits per heavy atom. The molecular weight excluding hydrogens is 665 g/mol. The first-order valence-electron chi connectivity index (χ1n) is 19.4. The molecule has 4 heteroatoms. The van der Waals surface area contributed by atoms with E-state index in [2.05, 4.69) is 198 Å². The molecule has 10 aromatic rings. The summed E-state index contributed by atoms with van der Waals surface area (Å²) in [4.78, 5) is 2.44. The van der Waals surface area contributed by atoms with Crippen molar-refractivity contribution < 1.29 is 0 Å². The van der Waals surface area contributed by atoms with Crippen LogP contribution in [-0.2, 0) is 5.41 Å². The van der Waals surface area contributed by atoms with Gasteiger partial charge in [-0.05, 0) is 87.2 Å². The lowest BCUT2D eigenvalue weighted by atomic mass is 9.34. The molecule has 3 aliphatic heterocycles. The highest BCUT2D eigenvalue weighted by Crippen LogP contribution is 2.52. The fourth-order valence-electron chi connectivity index (χ4n) is 10.7. The highest BCUT2D eigenvalue weighted by molar-refractivity contribution is 7.00. The summed E-state index contributed by atoms with van der Waals surface area (Å²) in [6, 6.07) is 63.8. The number of fused-ring (bicyclic) bond motifs is 12. The number of hydrogen-bond donors (Lipinski definition) is 0. The zero-order valence-electron chi connectivity index (χ0n) is 30.6. The summed E-state index contributed by atoms with van der Waals surface area (Å²) in [7, 11) is 0. The van der Waals surface area contributed by atoms with Gasteiger partial charge in [0.1, 0.15) is 0 Å². The zero-order valence-corrected chi connectivity index (χ0v) is 30.6. The number of hydrogen-bond acceptors (Lipinski definition) is 1. The fraction of sp³-hybridized carbons (Fsp3) is 0.0588. The third-order valence-electron chi connectivity index (χ3n) is 13.1. The van der Waals surface area contributed by atoms with Crippen LogP contribution in [0, 0.1) is 0 Å². The first-order chi connectivity index (χ1) is 27.1. The number of nitrogens with zero attached hydrogens (tertiary/aromatic N) is 3. The van der Waals surface area contributed by atoms with Crippen LogP contribution in [0.2, 0.25) is 0 Å². The number of rotatable bonds is 2. The number of benzene rings is 8. The Morgan fingerprint density at radius 3 is 1.44 bits per heavy atom. The lowest BCUT2D eigenvalue weighted by molar-refractivity contribution is 0.632. The van der Waals surface area contributed by atoms with Gasteiger partial charge in [-0.15, -0.1) is 0 Å². The monoisotopic (exact) mass is 699 g/mol. The zero-order chi connectivity index (χ0) is 36.2. The van der Waals surface area contributed by atoms with Gasteiger partial charge in [0.05, 0.1) is 22.4 Å². The number of anilines is 3. The van der Waals surface area contributed by atoms with E-state index >= 15 is 0 Å². The molecule has 3 nitrogen and oxygen atoms in total. The maximum atomic E-state index is 2.56. The molecule has 13 rings (SSSR count). The standard InChI is InChI=1S/C51H34BN3/c1-51(2)38-17-5-9-23-44(38)53(45-24-10-6-18-39(45)51)33-27-25-31(26-28-33)32-29-46-48-47(30-32)55-43-22-8-4-14-35(43)37-16-12-20-41(50(37)55)52(48)40-19-11-15-36-34-13-3-7-21-42(34)54(46)49(36)40/h3-30H,1-2H3. The second kappa shape index (κ2) is 10.2. The molecule has 5 heterocycles. The van der Waals surface area contributed by atoms with Gasteiger partial charge in [-0.1, -0.05) is 135 Å². The number of aromatic nitrogens is 2. The van der Waals surface area contributed by atoms with Crippen molar-refractivity contribution >= 4 is 83.8 Å². The van der Waals surface area contributed by atoms with Crippen LogP contribution in [0.4, 0.5) is 17.1 Å². The van der Waals surface area contributed by atoms with Crippen molar-refractivity contribution in [2.45, 2.75) is 19.3 Å². The van der Waals surface area contributed by atoms with Gasteiger partial charge in [0, 0.05) is 55.1 Å². The topological polar surface area (TPSA) is 13.1 Å². The summed E-state index contributed by atoms with van der Waals surface area (Å²) < 4.78 is 5.13. The molecule has 8 aromatic carbocycles. The van der Waals surface area contributed by atoms with Crippen LogP contribution >= 0.6 is 0 Å². The molecule has 0 fully saturated rings. The Labute approximate surface area is 319 Å². The second-order valence-corrected chi connectivity index (χ2v) is 16.1. The van der Waals surface area contributed by atoms with E-state index in [1.165, 1.54) is 105 Å². The molecular formula is C51H34BN3. The summed E-state index contributed by atoms with van der Waals surface area (Å²) in [5.41, 5.74) is 20.5. The molecule has 2 aromatic heterocycles. The molecule has 0 amide bonds. The average molecular weight is 700 g/mol. The van der Waals surface area contributed by atoms with E-state index in [0.717, 1.165) is 5.69 Å². The van der Waals surface area contributed by atoms with Crippen LogP contribution in [-0.4, -0.2) is 15.8 Å². The van der Waals surface area contributed by atoms with E-state index in [0.29, 0.717) is 0 Å². The third kappa shape index (κ3) is 3.63. The summed E-state index contributed by atoms with van der Waals surface area (Å²) >= 11 is 0. The smallest absolute Gasteiger partial charge is 0.252 e. The Morgan fingerprint density at radius 2 is 0.891 bits per heavy atom. The molecule has 0 atom stereocenters. The molecule has 0 saturated heterocycles. The first kappa shape index (κ1) is 29.7. The van der Waals surface area contributed by atoms with E-state index in [-0.39, 0.29) is 12.1 Å². The Kier molecular flexibility index (Phi) is 5.53. The third-order valence-corrected chi connectivity index (χ3v) is 13.1. The van der Waals surface area contributed by atoms with Crippen molar-refractivity contribution in [1.82, 2.24) is 9.13 Å². The normalized spacial score (nSPS) is 14.4. The van der Waals surface area contributed by atoms with Crippen molar-refractivity contribution in [3.05, 3.63) is 181 Å². The van der Waals surface area contributed by atoms with Crippen molar-refractivity contribution in [1.29, 1.82) is 0 Å². The summed E-state index contributed by atoms with van der Waals surface area (Å²) in [5, 5.41) is 5.24. The van der Waals surface area contributed by atoms with Crippen LogP contribution in [0.1, 0.15) is 25.0 Å². The van der Waals surface area contributed by atoms with Gasteiger partial charge >= 0.3 is 0 Å². The summed E-state index contributed by atoms with van der Waals surface area (Å²) in [5.74, 6) is 0. The minimum atomic E-state index is -0.0919. The van der Waals surface area contributed by atoms with Crippen molar-refractivity contribution in [3.63, 3.8) is 0 Å². The average Bonchev–Trinajstić information content (AvgIpc) is 3.76. The SMILES string of the molecule is CC1(C)c2ccccc2N(c2ccc(-c3cc4c5c(c3)-n3c6ccccc6c6cccc(c63)B5c3cccc5c6ccccc6n-4c35)cc2)c2ccccc21. The predicted molar refractivity (Wildman–Crippen MR) is 232 cm³/mol. The fourth-order valence-corrected chi connectivity index (χ4v) is 10.7. The summed E-state index contributed by atoms with van der Waals surface area (Å²) in [6.07, 6.45) is 0. The van der Waals surface area contributed by atoms with Crippen LogP contribution in [0.3, 0.4) is 0 Å². The maximum absolute atomic E-state index is 2.56. The van der Waals surface area contributed by atoms with Crippen molar-refractivity contribution in [3.8, 4) is 22.5 Å². The molecule has 0 N–H and O–H groups in total. The Balaban J connectivity index is 1.08. The molecule has 0 aliphatic carbocycles. The number of para-hydroxylation sites is 6. The highest BCUT2D eigenvalue weighted by Gasteiger charge is 2.41. The van der Waals surface area contributed by atoms with Gasteiger partial charge in [-0.25, -0.2) is 0 Å². The molecule has 0 bridgehead atoms. The highest BCUT2D eigenvalue weighted by atomic mass is 15.2. The van der Waals surface area contributed by atoms with Crippen LogP contribution in [0.25, 0.3) is 66.1 Å². The van der Waals surface area contributed by atoms with Gasteiger partial charge in [0.2, 0.25) is 0 Å². The molecule has 3 aliphatic rings. The van der Waals surface area contributed by atoms with Crippen LogP contribution < -0.4 is 21.3 Å². The maximum Gasteiger partial charge on any atom is 0.252 e. The van der Waals surface area contributed by atoms with Crippen molar-refractivity contribution in [2.75, 3.05) is 4.90 Å². The molecule has 0 radical (unpaired) electrons. The Hall–Kier alpha value is -6.78. The van der Waals surface area contributed by atoms with Crippen LogP contribution in [0.15, 0.2) is 170 Å². The first-order valence-corrected chi connectivity index (χ1v) is 19.4. The minimum Gasteiger partial charge on any atom is -0.310 e. The van der Waals surface area contributed by atoms with E-state index in [1.807, 2.05) is 0 Å². The predicted octanol–water partition coefficient (Wildman–Crippen LogP) is 10.8. The van der Waals surface area contributed by atoms with Gasteiger partial charge in [-0.2, -0.15) is 0 Å². The van der Waals surface area contributed by atoms with E-state index in [9.17, 15) is 0 Å². The van der Waals surface area contributed by atoms with Crippen LogP contribution in [0.5, 0.6) is 0 Å². The van der Waals surface area contributed by atoms with Gasteiger partial charge < -0.3 is 14.0 Å². The lowest BCUT2D eigenvalue weighted by Crippen LogP contribution is -2.59. The quantitative estimate of drug-likeness (QED) is 0.164. The second-order valence-electron chi connectivity index (χ2n) is 16.1. The van der Waals surface area contributed by atoms with Gasteiger partial charge in [0.25, 0.3) is 6.71 Å². The van der Waals surface area contributed by atoms with Gasteiger partial charge in [0.15, 0.2) is 0 Å².